The molecule has 0 bridgehead atoms. The number of carbonyl (C=O) groups is 3. The summed E-state index contributed by atoms with van der Waals surface area (Å²) in [6.07, 6.45) is -1.82. The van der Waals surface area contributed by atoms with Gasteiger partial charge in [0.05, 0.1) is 6.10 Å². The molecule has 8 nitrogen and oxygen atoms in total. The topological polar surface area (TPSA) is 117 Å². The normalized spacial score (nSPS) is 12.7. The first-order valence-electron chi connectivity index (χ1n) is 7.07. The van der Waals surface area contributed by atoms with Gasteiger partial charge in [0.25, 0.3) is 0 Å². The molecule has 1 aromatic rings. The van der Waals surface area contributed by atoms with Crippen LogP contribution in [0.2, 0.25) is 0 Å². The molecular formula is C15H21N3O5. The van der Waals surface area contributed by atoms with Gasteiger partial charge in [0.2, 0.25) is 11.8 Å². The van der Waals surface area contributed by atoms with Crippen LogP contribution in [0.4, 0.5) is 4.79 Å². The number of rotatable bonds is 7. The molecule has 0 fully saturated rings. The van der Waals surface area contributed by atoms with Crippen molar-refractivity contribution >= 4 is 17.9 Å². The number of hydrogen-bond acceptors (Lipinski definition) is 5. The first-order chi connectivity index (χ1) is 10.9. The van der Waals surface area contributed by atoms with E-state index in [9.17, 15) is 19.5 Å². The Morgan fingerprint density at radius 1 is 1.22 bits per heavy atom. The summed E-state index contributed by atoms with van der Waals surface area (Å²) in [6, 6.07) is 8.00. The smallest absolute Gasteiger partial charge is 0.407 e. The number of aliphatic hydroxyl groups is 1. The Balaban J connectivity index is 2.34. The van der Waals surface area contributed by atoms with E-state index in [-0.39, 0.29) is 13.2 Å². The molecule has 0 radical (unpaired) electrons. The fraction of sp³-hybridized carbons (Fsp3) is 0.400. The van der Waals surface area contributed by atoms with E-state index in [1.54, 1.807) is 12.1 Å². The zero-order chi connectivity index (χ0) is 17.2. The fourth-order valence-electron chi connectivity index (χ4n) is 1.71. The van der Waals surface area contributed by atoms with Gasteiger partial charge >= 0.3 is 6.09 Å². The van der Waals surface area contributed by atoms with Crippen LogP contribution >= 0.6 is 0 Å². The summed E-state index contributed by atoms with van der Waals surface area (Å²) < 4.78 is 4.94. The molecule has 0 aromatic heterocycles. The van der Waals surface area contributed by atoms with Crippen molar-refractivity contribution in [2.45, 2.75) is 25.7 Å². The largest absolute Gasteiger partial charge is 0.445 e. The molecule has 0 unspecified atom stereocenters. The molecule has 0 heterocycles. The summed E-state index contributed by atoms with van der Waals surface area (Å²) in [7, 11) is 1.39. The van der Waals surface area contributed by atoms with Crippen LogP contribution in [0.1, 0.15) is 12.5 Å². The summed E-state index contributed by atoms with van der Waals surface area (Å²) in [6.45, 7) is 1.10. The van der Waals surface area contributed by atoms with Crippen LogP contribution in [-0.2, 0) is 20.9 Å². The van der Waals surface area contributed by atoms with Crippen LogP contribution in [-0.4, -0.2) is 48.8 Å². The van der Waals surface area contributed by atoms with Gasteiger partial charge in [0.15, 0.2) is 0 Å². The maximum atomic E-state index is 11.7. The second-order valence-corrected chi connectivity index (χ2v) is 4.82. The molecule has 1 rings (SSSR count). The molecule has 126 valence electrons. The van der Waals surface area contributed by atoms with Crippen molar-refractivity contribution in [3.63, 3.8) is 0 Å². The number of nitrogens with one attached hydrogen (secondary N) is 3. The van der Waals surface area contributed by atoms with Gasteiger partial charge in [-0.1, -0.05) is 30.3 Å². The van der Waals surface area contributed by atoms with E-state index in [0.717, 1.165) is 5.56 Å². The Labute approximate surface area is 134 Å². The number of aliphatic hydroxyl groups excluding tert-OH is 1. The Hall–Kier alpha value is -2.61. The minimum Gasteiger partial charge on any atom is -0.445 e. The van der Waals surface area contributed by atoms with Crippen LogP contribution in [0.15, 0.2) is 30.3 Å². The molecule has 8 heteroatoms. The minimum atomic E-state index is -1.09. The maximum absolute atomic E-state index is 11.7. The molecule has 0 spiro atoms. The van der Waals surface area contributed by atoms with Crippen molar-refractivity contribution in [2.75, 3.05) is 13.6 Å². The Bertz CT molecular complexity index is 533. The van der Waals surface area contributed by atoms with E-state index < -0.39 is 30.1 Å². The fourth-order valence-corrected chi connectivity index (χ4v) is 1.71. The molecular weight excluding hydrogens is 302 g/mol. The van der Waals surface area contributed by atoms with Gasteiger partial charge in [-0.05, 0) is 12.5 Å². The highest BCUT2D eigenvalue weighted by molar-refractivity contribution is 5.89. The summed E-state index contributed by atoms with van der Waals surface area (Å²) in [5.74, 6) is -1.14. The van der Waals surface area contributed by atoms with Crippen molar-refractivity contribution < 1.29 is 24.2 Å². The number of alkyl carbamates (subject to hydrolysis) is 1. The van der Waals surface area contributed by atoms with E-state index >= 15 is 0 Å². The minimum absolute atomic E-state index is 0.0861. The predicted octanol–water partition coefficient (Wildman–Crippen LogP) is -0.476. The van der Waals surface area contributed by atoms with Gasteiger partial charge in [-0.15, -0.1) is 0 Å². The lowest BCUT2D eigenvalue weighted by Gasteiger charge is -2.19. The summed E-state index contributed by atoms with van der Waals surface area (Å²) in [5.41, 5.74) is 0.820. The highest BCUT2D eigenvalue weighted by Crippen LogP contribution is 2.00. The third kappa shape index (κ3) is 6.79. The third-order valence-corrected chi connectivity index (χ3v) is 2.93. The average molecular weight is 323 g/mol. The van der Waals surface area contributed by atoms with Crippen molar-refractivity contribution in [1.82, 2.24) is 16.0 Å². The highest BCUT2D eigenvalue weighted by atomic mass is 16.5. The summed E-state index contributed by atoms with van der Waals surface area (Å²) >= 11 is 0. The molecule has 0 saturated carbocycles. The van der Waals surface area contributed by atoms with Crippen LogP contribution in [0.25, 0.3) is 0 Å². The Kier molecular flexibility index (Phi) is 7.55. The second kappa shape index (κ2) is 9.42. The summed E-state index contributed by atoms with van der Waals surface area (Å²) in [5, 5.41) is 16.4. The average Bonchev–Trinajstić information content (AvgIpc) is 2.55. The van der Waals surface area contributed by atoms with Gasteiger partial charge in [-0.2, -0.15) is 0 Å². The summed E-state index contributed by atoms with van der Waals surface area (Å²) in [4.78, 5) is 34.7. The van der Waals surface area contributed by atoms with Gasteiger partial charge in [-0.3, -0.25) is 9.59 Å². The Morgan fingerprint density at radius 3 is 2.43 bits per heavy atom. The molecule has 0 saturated heterocycles. The van der Waals surface area contributed by atoms with Crippen LogP contribution in [0.3, 0.4) is 0 Å². The third-order valence-electron chi connectivity index (χ3n) is 2.93. The van der Waals surface area contributed by atoms with E-state index in [4.69, 9.17) is 4.74 Å². The lowest BCUT2D eigenvalue weighted by molar-refractivity contribution is -0.130. The number of ether oxygens (including phenoxy) is 1. The van der Waals surface area contributed by atoms with E-state index in [0.29, 0.717) is 0 Å². The van der Waals surface area contributed by atoms with Gasteiger partial charge in [-0.25, -0.2) is 4.79 Å². The van der Waals surface area contributed by atoms with Crippen molar-refractivity contribution in [3.8, 4) is 0 Å². The lowest BCUT2D eigenvalue weighted by Crippen LogP contribution is -2.53. The van der Waals surface area contributed by atoms with Crippen molar-refractivity contribution in [2.24, 2.45) is 0 Å². The molecule has 23 heavy (non-hydrogen) atoms. The molecule has 4 N–H and O–H groups in total. The molecule has 2 atom stereocenters. The van der Waals surface area contributed by atoms with E-state index in [1.165, 1.54) is 14.0 Å². The van der Waals surface area contributed by atoms with Crippen LogP contribution in [0.5, 0.6) is 0 Å². The first kappa shape index (κ1) is 18.4. The number of benzene rings is 1. The zero-order valence-electron chi connectivity index (χ0n) is 13.0. The molecule has 3 amide bonds. The van der Waals surface area contributed by atoms with Gasteiger partial charge < -0.3 is 25.8 Å². The number of likely N-dealkylation sites (N-methyl/N-ethyl adjacent to an activating group) is 1. The molecule has 0 aliphatic rings. The molecule has 0 aliphatic carbocycles. The van der Waals surface area contributed by atoms with Gasteiger partial charge in [0.1, 0.15) is 19.2 Å². The second-order valence-electron chi connectivity index (χ2n) is 4.82. The Morgan fingerprint density at radius 2 is 1.87 bits per heavy atom. The van der Waals surface area contributed by atoms with Gasteiger partial charge in [0, 0.05) is 7.05 Å². The maximum Gasteiger partial charge on any atom is 0.407 e. The van der Waals surface area contributed by atoms with Crippen molar-refractivity contribution in [3.05, 3.63) is 35.9 Å². The number of carbonyl (C=O) groups excluding carboxylic acids is 3. The highest BCUT2D eigenvalue weighted by Gasteiger charge is 2.24. The lowest BCUT2D eigenvalue weighted by atomic mass is 10.1. The van der Waals surface area contributed by atoms with E-state index in [2.05, 4.69) is 16.0 Å². The standard InChI is InChI=1S/C15H21N3O5/c1-10(19)13(14(21)16-2)18-12(20)8-17-15(22)23-9-11-6-4-3-5-7-11/h3-7,10,13,19H,8-9H2,1-2H3,(H,16,21)(H,17,22)(H,18,20)/t10-,13+/m1/s1. The zero-order valence-corrected chi connectivity index (χ0v) is 13.0. The number of hydrogen-bond donors (Lipinski definition) is 4. The first-order valence-corrected chi connectivity index (χ1v) is 7.07. The number of amides is 3. The predicted molar refractivity (Wildman–Crippen MR) is 82.3 cm³/mol. The van der Waals surface area contributed by atoms with Crippen LogP contribution in [0, 0.1) is 0 Å². The van der Waals surface area contributed by atoms with E-state index in [1.807, 2.05) is 18.2 Å². The van der Waals surface area contributed by atoms with Crippen molar-refractivity contribution in [1.29, 1.82) is 0 Å². The molecule has 1 aromatic carbocycles. The quantitative estimate of drug-likeness (QED) is 0.541. The monoisotopic (exact) mass is 323 g/mol. The molecule has 0 aliphatic heterocycles. The SMILES string of the molecule is CNC(=O)[C@@H](NC(=O)CNC(=O)OCc1ccccc1)[C@@H](C)O. The van der Waals surface area contributed by atoms with Crippen LogP contribution < -0.4 is 16.0 Å².